The molecule has 1 aliphatic rings. The van der Waals surface area contributed by atoms with Gasteiger partial charge < -0.3 is 19.5 Å². The normalized spacial score (nSPS) is 17.2. The highest BCUT2D eigenvalue weighted by Gasteiger charge is 2.37. The van der Waals surface area contributed by atoms with Crippen LogP contribution in [-0.4, -0.2) is 35.0 Å². The lowest BCUT2D eigenvalue weighted by atomic mass is 9.86. The first-order chi connectivity index (χ1) is 18.2. The summed E-state index contributed by atoms with van der Waals surface area (Å²) in [5, 5.41) is 8.35. The van der Waals surface area contributed by atoms with Gasteiger partial charge in [-0.3, -0.25) is 10.4 Å². The van der Waals surface area contributed by atoms with E-state index in [0.29, 0.717) is 29.6 Å². The van der Waals surface area contributed by atoms with Gasteiger partial charge in [-0.25, -0.2) is 4.79 Å². The lowest BCUT2D eigenvalue weighted by molar-refractivity contribution is -0.145. The number of carbonyl (C=O) groups is 1. The van der Waals surface area contributed by atoms with Crippen LogP contribution in [0.5, 0.6) is 11.5 Å². The van der Waals surface area contributed by atoms with E-state index in [9.17, 15) is 4.79 Å². The number of benzene rings is 2. The average Bonchev–Trinajstić information content (AvgIpc) is 2.89. The molecule has 2 N–H and O–H groups in total. The lowest BCUT2D eigenvalue weighted by Crippen LogP contribution is -2.38. The van der Waals surface area contributed by atoms with Crippen LogP contribution >= 0.6 is 12.2 Å². The third kappa shape index (κ3) is 6.28. The molecule has 38 heavy (non-hydrogen) atoms. The molecule has 1 aromatic heterocycles. The number of pyridine rings is 1. The molecule has 0 bridgehead atoms. The first kappa shape index (κ1) is 27.1. The van der Waals surface area contributed by atoms with E-state index in [2.05, 4.69) is 34.8 Å². The summed E-state index contributed by atoms with van der Waals surface area (Å²) in [7, 11) is 0. The number of aromatic nitrogens is 1. The van der Waals surface area contributed by atoms with Gasteiger partial charge in [0.2, 0.25) is 0 Å². The van der Waals surface area contributed by atoms with Gasteiger partial charge >= 0.3 is 5.97 Å². The summed E-state index contributed by atoms with van der Waals surface area (Å²) in [6.45, 7) is 10.0. The summed E-state index contributed by atoms with van der Waals surface area (Å²) in [5.41, 5.74) is 9.04. The highest BCUT2D eigenvalue weighted by atomic mass is 32.1. The summed E-state index contributed by atoms with van der Waals surface area (Å²) in [4.78, 5) is 16.0. The fourth-order valence-corrected chi connectivity index (χ4v) is 4.67. The maximum absolute atomic E-state index is 11.8. The number of ether oxygens (including phenoxy) is 3. The van der Waals surface area contributed by atoms with Crippen molar-refractivity contribution < 1.29 is 19.0 Å². The lowest BCUT2D eigenvalue weighted by Gasteiger charge is -2.36. The van der Waals surface area contributed by atoms with Gasteiger partial charge in [-0.2, -0.15) is 5.10 Å². The topological polar surface area (TPSA) is 94.1 Å². The second-order valence-electron chi connectivity index (χ2n) is 9.40. The van der Waals surface area contributed by atoms with Crippen LogP contribution in [0.15, 0.2) is 60.0 Å². The van der Waals surface area contributed by atoms with Crippen molar-refractivity contribution in [1.29, 1.82) is 0 Å². The number of hydrazone groups is 1. The van der Waals surface area contributed by atoms with E-state index < -0.39 is 11.6 Å². The molecule has 2 heterocycles. The average molecular weight is 533 g/mol. The van der Waals surface area contributed by atoms with Crippen LogP contribution in [0, 0.1) is 20.8 Å². The Balaban J connectivity index is 1.62. The molecule has 9 heteroatoms. The number of hydrogen-bond acceptors (Lipinski definition) is 7. The van der Waals surface area contributed by atoms with Crippen molar-refractivity contribution in [2.24, 2.45) is 5.10 Å². The Bertz CT molecular complexity index is 1350. The molecule has 0 fully saturated rings. The Hall–Kier alpha value is -3.98. The number of anilines is 1. The van der Waals surface area contributed by atoms with E-state index in [0.717, 1.165) is 33.7 Å². The number of hydrogen-bond donors (Lipinski definition) is 2. The number of fused-ring (bicyclic) bond motifs is 1. The Morgan fingerprint density at radius 1 is 1.18 bits per heavy atom. The van der Waals surface area contributed by atoms with Crippen molar-refractivity contribution in [1.82, 2.24) is 10.4 Å². The standard InChI is InChI=1S/C29H32N4O4S/c1-6-35-26(34)17-36-22-9-10-25-23(14-22)24(15-29(5,37-25)21-8-7-11-30-16-21)32-33-28(38)31-27-19(3)12-18(2)13-20(27)4/h7-14,16H,6,15,17H2,1-5H3,(H2,31,33,38)/b32-24+. The van der Waals surface area contributed by atoms with E-state index in [1.165, 1.54) is 5.56 Å². The molecule has 0 radical (unpaired) electrons. The van der Waals surface area contributed by atoms with Gasteiger partial charge in [-0.05, 0) is 82.2 Å². The number of carbonyl (C=O) groups excluding carboxylic acids is 1. The van der Waals surface area contributed by atoms with Gasteiger partial charge in [-0.15, -0.1) is 0 Å². The Morgan fingerprint density at radius 2 is 1.95 bits per heavy atom. The monoisotopic (exact) mass is 532 g/mol. The van der Waals surface area contributed by atoms with E-state index in [1.807, 2.05) is 45.0 Å². The van der Waals surface area contributed by atoms with Crippen LogP contribution in [0.4, 0.5) is 5.69 Å². The molecule has 4 rings (SSSR count). The quantitative estimate of drug-likeness (QED) is 0.239. The Morgan fingerprint density at radius 3 is 2.63 bits per heavy atom. The predicted molar refractivity (Wildman–Crippen MR) is 152 cm³/mol. The number of thiocarbonyl (C=S) groups is 1. The second kappa shape index (κ2) is 11.6. The summed E-state index contributed by atoms with van der Waals surface area (Å²) in [6, 6.07) is 13.5. The largest absolute Gasteiger partial charge is 0.482 e. The molecule has 1 unspecified atom stereocenters. The van der Waals surface area contributed by atoms with Crippen molar-refractivity contribution in [2.45, 2.75) is 46.6 Å². The third-order valence-electron chi connectivity index (χ3n) is 6.24. The summed E-state index contributed by atoms with van der Waals surface area (Å²) in [6.07, 6.45) is 3.97. The zero-order valence-corrected chi connectivity index (χ0v) is 23.1. The smallest absolute Gasteiger partial charge is 0.344 e. The first-order valence-corrected chi connectivity index (χ1v) is 12.8. The maximum Gasteiger partial charge on any atom is 0.344 e. The SMILES string of the molecule is CCOC(=O)COc1ccc2c(c1)/C(=N/NC(=S)Nc1c(C)cc(C)cc1C)CC(C)(c1cccnc1)O2. The fourth-order valence-electron chi connectivity index (χ4n) is 4.53. The summed E-state index contributed by atoms with van der Waals surface area (Å²) < 4.78 is 17.1. The molecule has 0 amide bonds. The van der Waals surface area contributed by atoms with E-state index in [4.69, 9.17) is 31.5 Å². The predicted octanol–water partition coefficient (Wildman–Crippen LogP) is 5.34. The van der Waals surface area contributed by atoms with Gasteiger partial charge in [0.25, 0.3) is 0 Å². The molecular formula is C29H32N4O4S. The van der Waals surface area contributed by atoms with E-state index in [1.54, 1.807) is 25.4 Å². The Labute approximate surface area is 228 Å². The number of esters is 1. The van der Waals surface area contributed by atoms with Crippen LogP contribution in [0.3, 0.4) is 0 Å². The number of aryl methyl sites for hydroxylation is 3. The van der Waals surface area contributed by atoms with E-state index in [-0.39, 0.29) is 6.61 Å². The molecule has 3 aromatic rings. The van der Waals surface area contributed by atoms with Crippen LogP contribution in [0.25, 0.3) is 0 Å². The molecule has 1 aliphatic heterocycles. The molecule has 0 aliphatic carbocycles. The van der Waals surface area contributed by atoms with Gasteiger partial charge in [0, 0.05) is 35.6 Å². The van der Waals surface area contributed by atoms with Crippen LogP contribution in [0.2, 0.25) is 0 Å². The maximum atomic E-state index is 11.8. The first-order valence-electron chi connectivity index (χ1n) is 12.4. The van der Waals surface area contributed by atoms with Crippen molar-refractivity contribution in [3.63, 3.8) is 0 Å². The zero-order valence-electron chi connectivity index (χ0n) is 22.3. The fraction of sp³-hybridized carbons (Fsp3) is 0.310. The summed E-state index contributed by atoms with van der Waals surface area (Å²) >= 11 is 5.58. The minimum Gasteiger partial charge on any atom is -0.482 e. The minimum absolute atomic E-state index is 0.186. The van der Waals surface area contributed by atoms with Gasteiger partial charge in [0.15, 0.2) is 11.7 Å². The molecule has 0 saturated carbocycles. The molecule has 1 atom stereocenters. The van der Waals surface area contributed by atoms with Crippen molar-refractivity contribution in [3.05, 3.63) is 82.7 Å². The molecular weight excluding hydrogens is 500 g/mol. The molecule has 0 spiro atoms. The van der Waals surface area contributed by atoms with Gasteiger partial charge in [0.05, 0.1) is 12.3 Å². The summed E-state index contributed by atoms with van der Waals surface area (Å²) in [5.74, 6) is 0.708. The highest BCUT2D eigenvalue weighted by Crippen LogP contribution is 2.40. The van der Waals surface area contributed by atoms with E-state index >= 15 is 0 Å². The van der Waals surface area contributed by atoms with Crippen molar-refractivity contribution in [3.8, 4) is 11.5 Å². The van der Waals surface area contributed by atoms with Crippen LogP contribution < -0.4 is 20.2 Å². The number of nitrogens with one attached hydrogen (secondary N) is 2. The molecule has 2 aromatic carbocycles. The van der Waals surface area contributed by atoms with Crippen LogP contribution in [0.1, 0.15) is 48.1 Å². The third-order valence-corrected chi connectivity index (χ3v) is 6.44. The van der Waals surface area contributed by atoms with Crippen molar-refractivity contribution >= 4 is 34.7 Å². The second-order valence-corrected chi connectivity index (χ2v) is 9.81. The molecule has 8 nitrogen and oxygen atoms in total. The van der Waals surface area contributed by atoms with Crippen LogP contribution in [-0.2, 0) is 15.1 Å². The zero-order chi connectivity index (χ0) is 27.3. The van der Waals surface area contributed by atoms with Gasteiger partial charge in [0.1, 0.15) is 17.1 Å². The highest BCUT2D eigenvalue weighted by molar-refractivity contribution is 7.80. The Kier molecular flexibility index (Phi) is 8.26. The molecule has 0 saturated heterocycles. The number of rotatable bonds is 7. The van der Waals surface area contributed by atoms with Crippen molar-refractivity contribution in [2.75, 3.05) is 18.5 Å². The molecule has 198 valence electrons. The number of nitrogens with zero attached hydrogens (tertiary/aromatic N) is 2. The minimum atomic E-state index is -0.700. The van der Waals surface area contributed by atoms with Gasteiger partial charge in [-0.1, -0.05) is 23.8 Å².